The van der Waals surface area contributed by atoms with E-state index >= 15 is 0 Å². The van der Waals surface area contributed by atoms with Crippen molar-refractivity contribution in [1.82, 2.24) is 20.0 Å². The highest BCUT2D eigenvalue weighted by atomic mass is 32.1. The molecule has 140 valence electrons. The molecule has 7 nitrogen and oxygen atoms in total. The number of urea groups is 1. The van der Waals surface area contributed by atoms with Gasteiger partial charge in [-0.15, -0.1) is 10.2 Å². The molecule has 0 atom stereocenters. The van der Waals surface area contributed by atoms with E-state index in [-0.39, 0.29) is 17.9 Å². The number of hydrogen-bond acceptors (Lipinski definition) is 5. The van der Waals surface area contributed by atoms with Gasteiger partial charge in [-0.1, -0.05) is 25.2 Å². The third-order valence-corrected chi connectivity index (χ3v) is 5.31. The van der Waals surface area contributed by atoms with Crippen molar-refractivity contribution in [2.45, 2.75) is 47.0 Å². The molecule has 3 amide bonds. The molecule has 0 radical (unpaired) electrons. The van der Waals surface area contributed by atoms with Gasteiger partial charge < -0.3 is 15.1 Å². The summed E-state index contributed by atoms with van der Waals surface area (Å²) in [6.45, 7) is 10.9. The van der Waals surface area contributed by atoms with Gasteiger partial charge in [0.15, 0.2) is 0 Å². The number of amides is 3. The number of aromatic nitrogens is 2. The number of anilines is 1. The quantitative estimate of drug-likeness (QED) is 0.838. The van der Waals surface area contributed by atoms with Gasteiger partial charge in [0, 0.05) is 38.5 Å². The molecular formula is C17H29N5O2S. The average Bonchev–Trinajstić information content (AvgIpc) is 3.02. The molecule has 1 aliphatic heterocycles. The van der Waals surface area contributed by atoms with E-state index in [0.717, 1.165) is 11.4 Å². The third kappa shape index (κ3) is 5.39. The van der Waals surface area contributed by atoms with E-state index in [1.807, 2.05) is 23.6 Å². The molecule has 1 saturated heterocycles. The maximum atomic E-state index is 12.4. The fourth-order valence-corrected chi connectivity index (χ4v) is 3.93. The monoisotopic (exact) mass is 367 g/mol. The summed E-state index contributed by atoms with van der Waals surface area (Å²) in [5.41, 5.74) is 0. The Labute approximate surface area is 153 Å². The Hall–Kier alpha value is -1.70. The summed E-state index contributed by atoms with van der Waals surface area (Å²) < 4.78 is 0. The average molecular weight is 368 g/mol. The van der Waals surface area contributed by atoms with E-state index in [1.165, 1.54) is 11.3 Å². The van der Waals surface area contributed by atoms with Gasteiger partial charge in [-0.05, 0) is 32.6 Å². The van der Waals surface area contributed by atoms with Crippen LogP contribution in [0, 0.1) is 11.8 Å². The van der Waals surface area contributed by atoms with Gasteiger partial charge in [0.2, 0.25) is 11.0 Å². The van der Waals surface area contributed by atoms with Gasteiger partial charge in [-0.25, -0.2) is 4.79 Å². The van der Waals surface area contributed by atoms with Gasteiger partial charge in [0.05, 0.1) is 0 Å². The molecule has 1 aliphatic rings. The lowest BCUT2D eigenvalue weighted by Crippen LogP contribution is -2.47. The van der Waals surface area contributed by atoms with Crippen LogP contribution in [-0.4, -0.2) is 58.1 Å². The van der Waals surface area contributed by atoms with E-state index in [1.54, 1.807) is 0 Å². The Morgan fingerprint density at radius 1 is 1.24 bits per heavy atom. The fourth-order valence-electron chi connectivity index (χ4n) is 2.97. The van der Waals surface area contributed by atoms with Gasteiger partial charge in [-0.2, -0.15) is 0 Å². The number of hydrogen-bond donors (Lipinski definition) is 1. The van der Waals surface area contributed by atoms with Crippen molar-refractivity contribution in [2.24, 2.45) is 11.8 Å². The first-order valence-corrected chi connectivity index (χ1v) is 9.93. The van der Waals surface area contributed by atoms with E-state index in [0.29, 0.717) is 50.1 Å². The van der Waals surface area contributed by atoms with Crippen molar-refractivity contribution in [2.75, 3.05) is 31.5 Å². The van der Waals surface area contributed by atoms with Crippen LogP contribution >= 0.6 is 11.3 Å². The van der Waals surface area contributed by atoms with Crippen LogP contribution in [0.15, 0.2) is 0 Å². The smallest absolute Gasteiger partial charge is 0.319 e. The summed E-state index contributed by atoms with van der Waals surface area (Å²) in [7, 11) is 0. The second-order valence-corrected chi connectivity index (χ2v) is 7.87. The molecule has 25 heavy (non-hydrogen) atoms. The molecule has 0 bridgehead atoms. The number of likely N-dealkylation sites (tertiary alicyclic amines) is 1. The fraction of sp³-hybridized carbons (Fsp3) is 0.765. The van der Waals surface area contributed by atoms with Crippen LogP contribution in [0.25, 0.3) is 0 Å². The van der Waals surface area contributed by atoms with Crippen LogP contribution in [0.4, 0.5) is 9.93 Å². The Morgan fingerprint density at radius 2 is 1.88 bits per heavy atom. The molecule has 0 unspecified atom stereocenters. The molecule has 8 heteroatoms. The Morgan fingerprint density at radius 3 is 2.44 bits per heavy atom. The SMILES string of the molecule is CCN(CC)C(=O)N1CCC(C(=O)Nc2nnc(CC(C)C)s2)CC1. The molecule has 2 rings (SSSR count). The summed E-state index contributed by atoms with van der Waals surface area (Å²) in [6.07, 6.45) is 2.26. The summed E-state index contributed by atoms with van der Waals surface area (Å²) in [4.78, 5) is 28.5. The predicted molar refractivity (Wildman–Crippen MR) is 99.7 cm³/mol. The number of nitrogens with zero attached hydrogens (tertiary/aromatic N) is 4. The van der Waals surface area contributed by atoms with Crippen LogP contribution in [0.2, 0.25) is 0 Å². The Kier molecular flexibility index (Phi) is 7.16. The molecular weight excluding hydrogens is 338 g/mol. The second-order valence-electron chi connectivity index (χ2n) is 6.80. The van der Waals surface area contributed by atoms with Crippen molar-refractivity contribution in [3.05, 3.63) is 5.01 Å². The van der Waals surface area contributed by atoms with Gasteiger partial charge in [0.1, 0.15) is 5.01 Å². The van der Waals surface area contributed by atoms with Gasteiger partial charge >= 0.3 is 6.03 Å². The molecule has 2 heterocycles. The number of carbonyl (C=O) groups is 2. The van der Waals surface area contributed by atoms with Crippen molar-refractivity contribution >= 4 is 28.4 Å². The van der Waals surface area contributed by atoms with Crippen molar-refractivity contribution in [1.29, 1.82) is 0 Å². The van der Waals surface area contributed by atoms with Crippen LogP contribution in [0.5, 0.6) is 0 Å². The lowest BCUT2D eigenvalue weighted by Gasteiger charge is -2.34. The van der Waals surface area contributed by atoms with Gasteiger partial charge in [-0.3, -0.25) is 4.79 Å². The molecule has 1 aromatic heterocycles. The maximum Gasteiger partial charge on any atom is 0.319 e. The van der Waals surface area contributed by atoms with Crippen molar-refractivity contribution in [3.63, 3.8) is 0 Å². The van der Waals surface area contributed by atoms with E-state index in [9.17, 15) is 9.59 Å². The topological polar surface area (TPSA) is 78.4 Å². The Balaban J connectivity index is 1.83. The first-order valence-electron chi connectivity index (χ1n) is 9.11. The molecule has 1 N–H and O–H groups in total. The zero-order valence-corrected chi connectivity index (χ0v) is 16.4. The van der Waals surface area contributed by atoms with E-state index < -0.39 is 0 Å². The summed E-state index contributed by atoms with van der Waals surface area (Å²) in [5, 5.41) is 12.6. The summed E-state index contributed by atoms with van der Waals surface area (Å²) >= 11 is 1.44. The largest absolute Gasteiger partial charge is 0.325 e. The van der Waals surface area contributed by atoms with Crippen molar-refractivity contribution in [3.8, 4) is 0 Å². The highest BCUT2D eigenvalue weighted by molar-refractivity contribution is 7.15. The van der Waals surface area contributed by atoms with Crippen LogP contribution in [0.1, 0.15) is 45.5 Å². The minimum atomic E-state index is -0.0711. The molecule has 1 aromatic rings. The highest BCUT2D eigenvalue weighted by Gasteiger charge is 2.29. The first-order chi connectivity index (χ1) is 11.9. The number of carbonyl (C=O) groups excluding carboxylic acids is 2. The molecule has 0 saturated carbocycles. The number of nitrogens with one attached hydrogen (secondary N) is 1. The third-order valence-electron chi connectivity index (χ3n) is 4.45. The summed E-state index contributed by atoms with van der Waals surface area (Å²) in [6, 6.07) is 0.0753. The predicted octanol–water partition coefficient (Wildman–Crippen LogP) is 2.85. The maximum absolute atomic E-state index is 12.4. The van der Waals surface area contributed by atoms with Crippen molar-refractivity contribution < 1.29 is 9.59 Å². The van der Waals surface area contributed by atoms with E-state index in [4.69, 9.17) is 0 Å². The van der Waals surface area contributed by atoms with Crippen LogP contribution < -0.4 is 5.32 Å². The number of rotatable bonds is 6. The van der Waals surface area contributed by atoms with Gasteiger partial charge in [0.25, 0.3) is 0 Å². The zero-order valence-electron chi connectivity index (χ0n) is 15.6. The number of piperidine rings is 1. The normalized spacial score (nSPS) is 15.5. The summed E-state index contributed by atoms with van der Waals surface area (Å²) in [5.74, 6) is 0.435. The second kappa shape index (κ2) is 9.12. The minimum absolute atomic E-state index is 0.0119. The minimum Gasteiger partial charge on any atom is -0.325 e. The van der Waals surface area contributed by atoms with E-state index in [2.05, 4.69) is 29.4 Å². The molecule has 1 fully saturated rings. The lowest BCUT2D eigenvalue weighted by atomic mass is 9.96. The van der Waals surface area contributed by atoms with Crippen LogP contribution in [0.3, 0.4) is 0 Å². The Bertz CT molecular complexity index is 577. The first kappa shape index (κ1) is 19.6. The standard InChI is InChI=1S/C17H29N5O2S/c1-5-21(6-2)17(24)22-9-7-13(8-10-22)15(23)18-16-20-19-14(25-16)11-12(3)4/h12-13H,5-11H2,1-4H3,(H,18,20,23). The molecule has 0 aliphatic carbocycles. The van der Waals surface area contributed by atoms with Crippen LogP contribution in [-0.2, 0) is 11.2 Å². The highest BCUT2D eigenvalue weighted by Crippen LogP contribution is 2.23. The molecule has 0 spiro atoms. The lowest BCUT2D eigenvalue weighted by molar-refractivity contribution is -0.121. The molecule has 0 aromatic carbocycles. The zero-order chi connectivity index (χ0) is 18.4.